The average molecular weight is 392 g/mol. The van der Waals surface area contributed by atoms with E-state index in [4.69, 9.17) is 5.26 Å². The van der Waals surface area contributed by atoms with Crippen LogP contribution in [-0.4, -0.2) is 16.5 Å². The van der Waals surface area contributed by atoms with Gasteiger partial charge in [-0.15, -0.1) is 0 Å². The van der Waals surface area contributed by atoms with E-state index in [2.05, 4.69) is 0 Å². The maximum Gasteiger partial charge on any atom is 0.154 e. The molecule has 0 aliphatic heterocycles. The van der Waals surface area contributed by atoms with Crippen LogP contribution in [0, 0.1) is 67.2 Å². The fraction of sp³-hybridized carbons (Fsp3) is 0.778. The van der Waals surface area contributed by atoms with E-state index in [1.54, 1.807) is 0 Å². The maximum atomic E-state index is 11.2. The van der Waals surface area contributed by atoms with Gasteiger partial charge in [-0.2, -0.15) is 5.26 Å². The van der Waals surface area contributed by atoms with Crippen molar-refractivity contribution in [3.05, 3.63) is 0 Å². The largest absolute Gasteiger partial charge is 0.375 e. The molecule has 3 unspecified atom stereocenters. The number of ketones is 1. The quantitative estimate of drug-likeness (QED) is 0.616. The Kier molecular flexibility index (Phi) is 3.55. The smallest absolute Gasteiger partial charge is 0.154 e. The maximum absolute atomic E-state index is 11.2. The topological polar surface area (TPSA) is 61.1 Å². The van der Waals surface area contributed by atoms with Gasteiger partial charge in [0, 0.05) is 62.3 Å². The van der Waals surface area contributed by atoms with Gasteiger partial charge in [0.1, 0.15) is 5.78 Å². The molecule has 1 radical (unpaired) electrons. The van der Waals surface area contributed by atoms with Crippen LogP contribution in [0.15, 0.2) is 0 Å². The molecule has 0 spiro atoms. The van der Waals surface area contributed by atoms with Crippen molar-refractivity contribution in [3.63, 3.8) is 0 Å². The summed E-state index contributed by atoms with van der Waals surface area (Å²) in [6.07, 6.45) is 2.48. The third-order valence-electron chi connectivity index (χ3n) is 3.19. The summed E-state index contributed by atoms with van der Waals surface area (Å²) in [5.74, 6) is 0.103. The summed E-state index contributed by atoms with van der Waals surface area (Å²) in [5, 5.41) is 18.5. The molecule has 0 aromatic heterocycles. The Labute approximate surface area is 113 Å². The molecular weight excluding hydrogens is 381 g/mol. The first-order chi connectivity index (χ1) is 5.65. The van der Waals surface area contributed by atoms with Gasteiger partial charge in [-0.3, -0.25) is 4.79 Å². The molecule has 3 nitrogen and oxygen atoms in total. The van der Waals surface area contributed by atoms with Gasteiger partial charge < -0.3 is 5.11 Å². The molecule has 4 heteroatoms. The predicted molar refractivity (Wildman–Crippen MR) is 41.0 cm³/mol. The van der Waals surface area contributed by atoms with Crippen molar-refractivity contribution < 1.29 is 54.0 Å². The summed E-state index contributed by atoms with van der Waals surface area (Å²) >= 11 is 0. The average Bonchev–Trinajstić information content (AvgIpc) is 2.08. The summed E-state index contributed by atoms with van der Waals surface area (Å²) in [5.41, 5.74) is -1.20. The van der Waals surface area contributed by atoms with Crippen LogP contribution in [-0.2, 0) is 4.79 Å². The summed E-state index contributed by atoms with van der Waals surface area (Å²) in [6, 6.07) is 1.94. The zero-order valence-corrected chi connectivity index (χ0v) is 12.1. The van der Waals surface area contributed by atoms with Gasteiger partial charge in [0.15, 0.2) is 5.60 Å². The predicted octanol–water partition coefficient (Wildman–Crippen LogP) is 0.630. The fourth-order valence-electron chi connectivity index (χ4n) is 2.38. The zero-order valence-electron chi connectivity index (χ0n) is 7.36. The molecule has 0 amide bonds. The van der Waals surface area contributed by atoms with Crippen molar-refractivity contribution in [2.24, 2.45) is 11.8 Å². The Morgan fingerprint density at radius 1 is 1.54 bits per heavy atom. The van der Waals surface area contributed by atoms with Gasteiger partial charge >= 0.3 is 0 Å². The van der Waals surface area contributed by atoms with E-state index in [-0.39, 0.29) is 61.7 Å². The standard InChI is InChI=1S/C9H11NO2.Ac/c10-5-9(12)4-6-1-2-7(9)3-8(6)11;/h6-7,12H,1-4H2;. The molecule has 3 fully saturated rings. The number of aliphatic hydroxyl groups is 1. The molecule has 0 heterocycles. The second kappa shape index (κ2) is 3.97. The van der Waals surface area contributed by atoms with Gasteiger partial charge in [0.05, 0.1) is 6.07 Å². The Morgan fingerprint density at radius 2 is 2.23 bits per heavy atom. The van der Waals surface area contributed by atoms with Crippen molar-refractivity contribution >= 4 is 5.78 Å². The van der Waals surface area contributed by atoms with E-state index in [1.165, 1.54) is 0 Å². The molecule has 2 bridgehead atoms. The van der Waals surface area contributed by atoms with E-state index in [0.29, 0.717) is 12.8 Å². The van der Waals surface area contributed by atoms with E-state index >= 15 is 0 Å². The first-order valence-electron chi connectivity index (χ1n) is 4.32. The van der Waals surface area contributed by atoms with E-state index in [0.717, 1.165) is 12.8 Å². The molecule has 3 saturated carbocycles. The number of nitrogens with zero attached hydrogens (tertiary/aromatic N) is 1. The molecule has 3 aliphatic carbocycles. The molecular formula is C9H11AcNO2. The molecule has 0 aromatic carbocycles. The molecule has 1 N–H and O–H groups in total. The molecule has 13 heavy (non-hydrogen) atoms. The van der Waals surface area contributed by atoms with Crippen LogP contribution in [0.3, 0.4) is 0 Å². The van der Waals surface area contributed by atoms with E-state index in [1.807, 2.05) is 6.07 Å². The Morgan fingerprint density at radius 3 is 2.62 bits per heavy atom. The number of hydrogen-bond acceptors (Lipinski definition) is 3. The monoisotopic (exact) mass is 392 g/mol. The third kappa shape index (κ3) is 1.84. The van der Waals surface area contributed by atoms with Gasteiger partial charge in [0.25, 0.3) is 0 Å². The third-order valence-corrected chi connectivity index (χ3v) is 3.19. The molecule has 0 saturated heterocycles. The van der Waals surface area contributed by atoms with E-state index in [9.17, 15) is 9.90 Å². The number of rotatable bonds is 0. The van der Waals surface area contributed by atoms with Crippen molar-refractivity contribution in [3.8, 4) is 6.07 Å². The van der Waals surface area contributed by atoms with Crippen molar-refractivity contribution in [2.45, 2.75) is 31.3 Å². The van der Waals surface area contributed by atoms with Crippen molar-refractivity contribution in [1.82, 2.24) is 0 Å². The van der Waals surface area contributed by atoms with Crippen LogP contribution < -0.4 is 0 Å². The molecule has 3 rings (SSSR count). The summed E-state index contributed by atoms with van der Waals surface area (Å²) in [7, 11) is 0. The van der Waals surface area contributed by atoms with Crippen LogP contribution >= 0.6 is 0 Å². The first kappa shape index (κ1) is 11.6. The molecule has 3 aliphatic rings. The number of Topliss-reactive ketones (excluding diaryl/α,β-unsaturated/α-hetero) is 1. The number of carbonyl (C=O) groups is 1. The van der Waals surface area contributed by atoms with Crippen LogP contribution in [0.1, 0.15) is 25.7 Å². The Hall–Kier alpha value is 0.562. The van der Waals surface area contributed by atoms with E-state index < -0.39 is 5.60 Å². The SMILES string of the molecule is N#CC1(O)CC2CCC1CC2=O.[Ac]. The van der Waals surface area contributed by atoms with Crippen LogP contribution in [0.4, 0.5) is 0 Å². The van der Waals surface area contributed by atoms with Crippen molar-refractivity contribution in [2.75, 3.05) is 0 Å². The molecule has 67 valence electrons. The van der Waals surface area contributed by atoms with Gasteiger partial charge in [-0.1, -0.05) is 0 Å². The minimum atomic E-state index is -1.20. The van der Waals surface area contributed by atoms with Crippen LogP contribution in [0.5, 0.6) is 0 Å². The second-order valence-electron chi connectivity index (χ2n) is 3.88. The molecule has 0 aromatic rings. The Balaban J connectivity index is 0.000000845. The molecule has 3 atom stereocenters. The second-order valence-corrected chi connectivity index (χ2v) is 3.88. The summed E-state index contributed by atoms with van der Waals surface area (Å²) in [6.45, 7) is 0. The van der Waals surface area contributed by atoms with Gasteiger partial charge in [-0.05, 0) is 19.3 Å². The number of nitriles is 1. The van der Waals surface area contributed by atoms with Crippen LogP contribution in [0.25, 0.3) is 0 Å². The van der Waals surface area contributed by atoms with Gasteiger partial charge in [0.2, 0.25) is 0 Å². The summed E-state index contributed by atoms with van der Waals surface area (Å²) in [4.78, 5) is 11.2. The minimum absolute atomic E-state index is 0. The Bertz CT molecular complexity index is 273. The first-order valence-corrected chi connectivity index (χ1v) is 4.32. The van der Waals surface area contributed by atoms with Crippen molar-refractivity contribution in [1.29, 1.82) is 5.26 Å². The summed E-state index contributed by atoms with van der Waals surface area (Å²) < 4.78 is 0. The number of fused-ring (bicyclic) bond motifs is 3. The number of hydrogen-bond donors (Lipinski definition) is 1. The fourth-order valence-corrected chi connectivity index (χ4v) is 2.38. The van der Waals surface area contributed by atoms with Gasteiger partial charge in [-0.25, -0.2) is 0 Å². The number of carbonyl (C=O) groups excluding carboxylic acids is 1. The normalized spacial score (nSPS) is 42.3. The zero-order chi connectivity index (χ0) is 8.77. The van der Waals surface area contributed by atoms with Crippen LogP contribution in [0.2, 0.25) is 0 Å². The minimum Gasteiger partial charge on any atom is -0.375 e.